The van der Waals surface area contributed by atoms with Gasteiger partial charge >= 0.3 is 0 Å². The molecule has 2 heterocycles. The van der Waals surface area contributed by atoms with Crippen molar-refractivity contribution in [2.45, 2.75) is 18.7 Å². The standard InChI is InChI=1S/C15H17N5O2S2/c1-10-3-6-15(20-19-10)16-7-8-17-24(21,22)12-4-5-13-14(9-12)23-11(2)18-13/h3-6,9,17H,7-8H2,1-2H3,(H,16,20). The second kappa shape index (κ2) is 6.80. The summed E-state index contributed by atoms with van der Waals surface area (Å²) in [4.78, 5) is 4.58. The number of benzene rings is 1. The average molecular weight is 363 g/mol. The first-order valence-electron chi connectivity index (χ1n) is 7.35. The highest BCUT2D eigenvalue weighted by molar-refractivity contribution is 7.89. The fraction of sp³-hybridized carbons (Fsp3) is 0.267. The first kappa shape index (κ1) is 16.7. The van der Waals surface area contributed by atoms with Gasteiger partial charge in [-0.15, -0.1) is 16.4 Å². The van der Waals surface area contributed by atoms with Gasteiger partial charge in [0, 0.05) is 13.1 Å². The van der Waals surface area contributed by atoms with Gasteiger partial charge in [0.25, 0.3) is 0 Å². The summed E-state index contributed by atoms with van der Waals surface area (Å²) in [7, 11) is -3.55. The van der Waals surface area contributed by atoms with Crippen LogP contribution in [0, 0.1) is 13.8 Å². The lowest BCUT2D eigenvalue weighted by Crippen LogP contribution is -2.29. The molecule has 0 radical (unpaired) electrons. The maximum Gasteiger partial charge on any atom is 0.240 e. The Morgan fingerprint density at radius 2 is 1.92 bits per heavy atom. The summed E-state index contributed by atoms with van der Waals surface area (Å²) in [6.07, 6.45) is 0. The van der Waals surface area contributed by atoms with Crippen molar-refractivity contribution in [1.29, 1.82) is 0 Å². The van der Waals surface area contributed by atoms with Crippen LogP contribution in [-0.2, 0) is 10.0 Å². The van der Waals surface area contributed by atoms with Crippen molar-refractivity contribution in [1.82, 2.24) is 19.9 Å². The van der Waals surface area contributed by atoms with Gasteiger partial charge in [-0.2, -0.15) is 5.10 Å². The zero-order valence-corrected chi connectivity index (χ0v) is 14.9. The van der Waals surface area contributed by atoms with Gasteiger partial charge in [-0.1, -0.05) is 0 Å². The molecule has 0 fully saturated rings. The van der Waals surface area contributed by atoms with Crippen molar-refractivity contribution >= 4 is 37.4 Å². The highest BCUT2D eigenvalue weighted by Gasteiger charge is 2.14. The Hall–Kier alpha value is -2.10. The highest BCUT2D eigenvalue weighted by atomic mass is 32.2. The van der Waals surface area contributed by atoms with E-state index in [-0.39, 0.29) is 11.4 Å². The predicted octanol–water partition coefficient (Wildman–Crippen LogP) is 2.09. The van der Waals surface area contributed by atoms with Crippen LogP contribution in [0.3, 0.4) is 0 Å². The molecule has 0 aliphatic rings. The number of hydrogen-bond acceptors (Lipinski definition) is 7. The van der Waals surface area contributed by atoms with Crippen LogP contribution in [0.25, 0.3) is 10.2 Å². The lowest BCUT2D eigenvalue weighted by molar-refractivity contribution is 0.583. The van der Waals surface area contributed by atoms with Gasteiger partial charge in [-0.3, -0.25) is 0 Å². The van der Waals surface area contributed by atoms with Gasteiger partial charge < -0.3 is 5.32 Å². The van der Waals surface area contributed by atoms with Gasteiger partial charge in [0.1, 0.15) is 5.82 Å². The number of fused-ring (bicyclic) bond motifs is 1. The summed E-state index contributed by atoms with van der Waals surface area (Å²) >= 11 is 1.48. The number of sulfonamides is 1. The van der Waals surface area contributed by atoms with Gasteiger partial charge in [0.15, 0.2) is 0 Å². The van der Waals surface area contributed by atoms with Crippen molar-refractivity contribution in [2.75, 3.05) is 18.4 Å². The minimum Gasteiger partial charge on any atom is -0.367 e. The molecule has 0 saturated heterocycles. The van der Waals surface area contributed by atoms with E-state index in [2.05, 4.69) is 25.2 Å². The van der Waals surface area contributed by atoms with Crippen molar-refractivity contribution in [2.24, 2.45) is 0 Å². The largest absolute Gasteiger partial charge is 0.367 e. The fourth-order valence-corrected chi connectivity index (χ4v) is 4.14. The Bertz CT molecular complexity index is 952. The summed E-state index contributed by atoms with van der Waals surface area (Å²) in [6.45, 7) is 4.42. The molecule has 0 bridgehead atoms. The summed E-state index contributed by atoms with van der Waals surface area (Å²) < 4.78 is 28.2. The minimum atomic E-state index is -3.55. The number of thiazole rings is 1. The first-order valence-corrected chi connectivity index (χ1v) is 9.65. The third-order valence-corrected chi connectivity index (χ3v) is 5.69. The van der Waals surface area contributed by atoms with E-state index in [1.165, 1.54) is 11.3 Å². The molecule has 0 unspecified atom stereocenters. The van der Waals surface area contributed by atoms with Crippen molar-refractivity contribution in [3.63, 3.8) is 0 Å². The van der Waals surface area contributed by atoms with Gasteiger partial charge in [0.05, 0.1) is 25.8 Å². The van der Waals surface area contributed by atoms with Crippen LogP contribution in [0.5, 0.6) is 0 Å². The monoisotopic (exact) mass is 363 g/mol. The quantitative estimate of drug-likeness (QED) is 0.651. The summed E-state index contributed by atoms with van der Waals surface area (Å²) in [5, 5.41) is 11.8. The average Bonchev–Trinajstić information content (AvgIpc) is 2.92. The number of aromatic nitrogens is 3. The fourth-order valence-electron chi connectivity index (χ4n) is 2.14. The number of aryl methyl sites for hydroxylation is 2. The Labute approximate surface area is 144 Å². The van der Waals surface area contributed by atoms with Crippen LogP contribution in [0.4, 0.5) is 5.82 Å². The normalized spacial score (nSPS) is 11.8. The van der Waals surface area contributed by atoms with E-state index in [0.29, 0.717) is 12.4 Å². The van der Waals surface area contributed by atoms with Crippen molar-refractivity contribution in [3.05, 3.63) is 41.0 Å². The van der Waals surface area contributed by atoms with Crippen LogP contribution in [0.1, 0.15) is 10.7 Å². The predicted molar refractivity (Wildman–Crippen MR) is 94.8 cm³/mol. The molecule has 2 N–H and O–H groups in total. The molecule has 3 rings (SSSR count). The van der Waals surface area contributed by atoms with E-state index in [0.717, 1.165) is 20.9 Å². The molecule has 0 aliphatic carbocycles. The maximum absolute atomic E-state index is 12.4. The third-order valence-electron chi connectivity index (χ3n) is 3.30. The Kier molecular flexibility index (Phi) is 4.74. The molecule has 2 aromatic heterocycles. The molecule has 0 atom stereocenters. The number of hydrogen-bond donors (Lipinski definition) is 2. The first-order chi connectivity index (χ1) is 11.4. The molecule has 0 saturated carbocycles. The summed E-state index contributed by atoms with van der Waals surface area (Å²) in [5.74, 6) is 0.612. The van der Waals surface area contributed by atoms with Crippen molar-refractivity contribution in [3.8, 4) is 0 Å². The second-order valence-corrected chi connectivity index (χ2v) is 8.25. The third kappa shape index (κ3) is 3.86. The van der Waals surface area contributed by atoms with E-state index in [1.54, 1.807) is 24.3 Å². The summed E-state index contributed by atoms with van der Waals surface area (Å²) in [6, 6.07) is 8.60. The maximum atomic E-state index is 12.4. The second-order valence-electron chi connectivity index (χ2n) is 5.25. The topological polar surface area (TPSA) is 96.9 Å². The zero-order valence-electron chi connectivity index (χ0n) is 13.3. The molecule has 126 valence electrons. The Morgan fingerprint density at radius 3 is 2.67 bits per heavy atom. The van der Waals surface area contributed by atoms with Crippen LogP contribution < -0.4 is 10.0 Å². The van der Waals surface area contributed by atoms with Gasteiger partial charge in [-0.25, -0.2) is 18.1 Å². The van der Waals surface area contributed by atoms with E-state index in [1.807, 2.05) is 19.9 Å². The van der Waals surface area contributed by atoms with E-state index < -0.39 is 10.0 Å². The van der Waals surface area contributed by atoms with E-state index in [9.17, 15) is 8.42 Å². The number of nitrogens with zero attached hydrogens (tertiary/aromatic N) is 3. The van der Waals surface area contributed by atoms with Crippen molar-refractivity contribution < 1.29 is 8.42 Å². The minimum absolute atomic E-state index is 0.244. The smallest absolute Gasteiger partial charge is 0.240 e. The zero-order chi connectivity index (χ0) is 17.2. The lowest BCUT2D eigenvalue weighted by atomic mass is 10.3. The number of nitrogens with one attached hydrogen (secondary N) is 2. The molecule has 3 aromatic rings. The van der Waals surface area contributed by atoms with Crippen LogP contribution in [0.15, 0.2) is 35.2 Å². The molecular weight excluding hydrogens is 346 g/mol. The molecule has 24 heavy (non-hydrogen) atoms. The summed E-state index contributed by atoms with van der Waals surface area (Å²) in [5.41, 5.74) is 1.64. The van der Waals surface area contributed by atoms with E-state index >= 15 is 0 Å². The highest BCUT2D eigenvalue weighted by Crippen LogP contribution is 2.24. The van der Waals surface area contributed by atoms with E-state index in [4.69, 9.17) is 0 Å². The molecule has 0 aliphatic heterocycles. The Morgan fingerprint density at radius 1 is 1.08 bits per heavy atom. The number of anilines is 1. The molecular formula is C15H17N5O2S2. The molecule has 1 aromatic carbocycles. The molecule has 0 amide bonds. The van der Waals surface area contributed by atoms with Gasteiger partial charge in [0.2, 0.25) is 10.0 Å². The number of rotatable bonds is 6. The molecule has 0 spiro atoms. The Balaban J connectivity index is 1.61. The van der Waals surface area contributed by atoms with Gasteiger partial charge in [-0.05, 0) is 44.2 Å². The van der Waals surface area contributed by atoms with Crippen LogP contribution in [-0.4, -0.2) is 36.7 Å². The molecule has 9 heteroatoms. The SMILES string of the molecule is Cc1ccc(NCCNS(=O)(=O)c2ccc3nc(C)sc3c2)nn1. The lowest BCUT2D eigenvalue weighted by Gasteiger charge is -2.08. The van der Waals surface area contributed by atoms with Crippen LogP contribution in [0.2, 0.25) is 0 Å². The van der Waals surface area contributed by atoms with Crippen LogP contribution >= 0.6 is 11.3 Å². The molecule has 7 nitrogen and oxygen atoms in total.